The van der Waals surface area contributed by atoms with Crippen LogP contribution in [0.5, 0.6) is 0 Å². The number of hydrogen-bond acceptors (Lipinski definition) is 4. The third kappa shape index (κ3) is 5.73. The number of rotatable bonds is 7. The molecule has 0 aliphatic carbocycles. The van der Waals surface area contributed by atoms with Crippen LogP contribution in [0.15, 0.2) is 54.6 Å². The molecule has 136 valence electrons. The van der Waals surface area contributed by atoms with Crippen molar-refractivity contribution in [3.8, 4) is 0 Å². The zero-order chi connectivity index (χ0) is 18.9. The lowest BCUT2D eigenvalue weighted by Crippen LogP contribution is -2.29. The topological polar surface area (TPSA) is 84.5 Å². The van der Waals surface area contributed by atoms with E-state index in [-0.39, 0.29) is 24.8 Å². The van der Waals surface area contributed by atoms with Crippen LogP contribution in [0.1, 0.15) is 42.2 Å². The van der Waals surface area contributed by atoms with E-state index in [4.69, 9.17) is 4.74 Å². The number of esters is 1. The first kappa shape index (κ1) is 19.2. The lowest BCUT2D eigenvalue weighted by atomic mass is 10.0. The Labute approximate surface area is 152 Å². The minimum Gasteiger partial charge on any atom is -0.462 e. The molecule has 0 aliphatic heterocycles. The number of carbonyl (C=O) groups is 3. The second kappa shape index (κ2) is 9.36. The van der Waals surface area contributed by atoms with E-state index in [0.717, 1.165) is 5.56 Å². The second-order valence-corrected chi connectivity index (χ2v) is 5.72. The molecule has 6 heteroatoms. The maximum atomic E-state index is 12.4. The molecule has 2 aromatic rings. The standard InChI is InChI=1S/C20H22N2O4/c1-3-26-20(25)16-10-7-11-17(12-16)22-19(24)13-18(21-14(2)23)15-8-5-4-6-9-15/h4-12,18H,3,13H2,1-2H3,(H,21,23)(H,22,24). The van der Waals surface area contributed by atoms with Crippen LogP contribution in [0.2, 0.25) is 0 Å². The van der Waals surface area contributed by atoms with Crippen molar-refractivity contribution < 1.29 is 19.1 Å². The molecule has 0 saturated heterocycles. The molecule has 1 unspecified atom stereocenters. The van der Waals surface area contributed by atoms with E-state index in [1.807, 2.05) is 30.3 Å². The van der Waals surface area contributed by atoms with E-state index in [1.165, 1.54) is 6.92 Å². The number of anilines is 1. The van der Waals surface area contributed by atoms with Gasteiger partial charge >= 0.3 is 5.97 Å². The van der Waals surface area contributed by atoms with E-state index in [9.17, 15) is 14.4 Å². The molecule has 6 nitrogen and oxygen atoms in total. The van der Waals surface area contributed by atoms with Gasteiger partial charge in [-0.15, -0.1) is 0 Å². The molecule has 2 rings (SSSR count). The Morgan fingerprint density at radius 2 is 1.77 bits per heavy atom. The normalized spacial score (nSPS) is 11.3. The third-order valence-corrected chi connectivity index (χ3v) is 3.63. The Morgan fingerprint density at radius 3 is 2.42 bits per heavy atom. The molecule has 0 fully saturated rings. The Bertz CT molecular complexity index is 774. The molecule has 0 spiro atoms. The fourth-order valence-corrected chi connectivity index (χ4v) is 2.52. The van der Waals surface area contributed by atoms with Gasteiger partial charge in [-0.2, -0.15) is 0 Å². The average molecular weight is 354 g/mol. The molecule has 0 bridgehead atoms. The highest BCUT2D eigenvalue weighted by molar-refractivity contribution is 5.95. The number of amides is 2. The fraction of sp³-hybridized carbons (Fsp3) is 0.250. The second-order valence-electron chi connectivity index (χ2n) is 5.72. The van der Waals surface area contributed by atoms with Gasteiger partial charge in [0.1, 0.15) is 0 Å². The van der Waals surface area contributed by atoms with Crippen LogP contribution in [0.25, 0.3) is 0 Å². The van der Waals surface area contributed by atoms with E-state index in [0.29, 0.717) is 11.3 Å². The maximum Gasteiger partial charge on any atom is 0.338 e. The predicted molar refractivity (Wildman–Crippen MR) is 98.6 cm³/mol. The number of nitrogens with one attached hydrogen (secondary N) is 2. The zero-order valence-corrected chi connectivity index (χ0v) is 14.8. The lowest BCUT2D eigenvalue weighted by molar-refractivity contribution is -0.120. The monoisotopic (exact) mass is 354 g/mol. The summed E-state index contributed by atoms with van der Waals surface area (Å²) in [4.78, 5) is 35.6. The molecule has 0 aliphatic rings. The van der Waals surface area contributed by atoms with Gasteiger partial charge in [0.15, 0.2) is 0 Å². The molecular formula is C20H22N2O4. The van der Waals surface area contributed by atoms with Gasteiger partial charge in [-0.05, 0) is 30.7 Å². The Kier molecular flexibility index (Phi) is 6.91. The minimum atomic E-state index is -0.441. The average Bonchev–Trinajstić information content (AvgIpc) is 2.62. The van der Waals surface area contributed by atoms with Crippen LogP contribution in [0.4, 0.5) is 5.69 Å². The van der Waals surface area contributed by atoms with Crippen LogP contribution in [-0.2, 0) is 14.3 Å². The molecule has 1 atom stereocenters. The quantitative estimate of drug-likeness (QED) is 0.749. The van der Waals surface area contributed by atoms with Crippen molar-refractivity contribution in [1.82, 2.24) is 5.32 Å². The molecular weight excluding hydrogens is 332 g/mol. The first-order chi connectivity index (χ1) is 12.5. The van der Waals surface area contributed by atoms with Crippen molar-refractivity contribution in [1.29, 1.82) is 0 Å². The van der Waals surface area contributed by atoms with E-state index >= 15 is 0 Å². The summed E-state index contributed by atoms with van der Waals surface area (Å²) in [6, 6.07) is 15.4. The van der Waals surface area contributed by atoms with E-state index in [2.05, 4.69) is 10.6 Å². The van der Waals surface area contributed by atoms with Crippen LogP contribution >= 0.6 is 0 Å². The highest BCUT2D eigenvalue weighted by Crippen LogP contribution is 2.18. The fourth-order valence-electron chi connectivity index (χ4n) is 2.52. The van der Waals surface area contributed by atoms with Crippen molar-refractivity contribution in [2.75, 3.05) is 11.9 Å². The molecule has 2 N–H and O–H groups in total. The van der Waals surface area contributed by atoms with Crippen molar-refractivity contribution in [3.05, 3.63) is 65.7 Å². The first-order valence-corrected chi connectivity index (χ1v) is 8.38. The molecule has 26 heavy (non-hydrogen) atoms. The third-order valence-electron chi connectivity index (χ3n) is 3.63. The van der Waals surface area contributed by atoms with Crippen molar-refractivity contribution in [3.63, 3.8) is 0 Å². The van der Waals surface area contributed by atoms with Gasteiger partial charge in [0.05, 0.1) is 24.6 Å². The molecule has 2 aromatic carbocycles. The summed E-state index contributed by atoms with van der Waals surface area (Å²) in [7, 11) is 0. The smallest absolute Gasteiger partial charge is 0.338 e. The van der Waals surface area contributed by atoms with Gasteiger partial charge in [-0.1, -0.05) is 36.4 Å². The molecule has 0 saturated carbocycles. The van der Waals surface area contributed by atoms with Gasteiger partial charge in [-0.25, -0.2) is 4.79 Å². The largest absolute Gasteiger partial charge is 0.462 e. The molecule has 0 aromatic heterocycles. The van der Waals surface area contributed by atoms with Gasteiger partial charge in [0.25, 0.3) is 0 Å². The first-order valence-electron chi connectivity index (χ1n) is 8.38. The highest BCUT2D eigenvalue weighted by atomic mass is 16.5. The van der Waals surface area contributed by atoms with Crippen LogP contribution in [0, 0.1) is 0 Å². The summed E-state index contributed by atoms with van der Waals surface area (Å²) < 4.78 is 4.95. The summed E-state index contributed by atoms with van der Waals surface area (Å²) in [6.45, 7) is 3.43. The van der Waals surface area contributed by atoms with Gasteiger partial charge in [0, 0.05) is 12.6 Å². The number of benzene rings is 2. The van der Waals surface area contributed by atoms with Crippen molar-refractivity contribution in [2.24, 2.45) is 0 Å². The highest BCUT2D eigenvalue weighted by Gasteiger charge is 2.17. The molecule has 0 radical (unpaired) electrons. The maximum absolute atomic E-state index is 12.4. The predicted octanol–water partition coefficient (Wildman–Crippen LogP) is 3.07. The Hall–Kier alpha value is -3.15. The summed E-state index contributed by atoms with van der Waals surface area (Å²) in [5, 5.41) is 5.54. The van der Waals surface area contributed by atoms with Crippen molar-refractivity contribution in [2.45, 2.75) is 26.3 Å². The van der Waals surface area contributed by atoms with Crippen LogP contribution in [0.3, 0.4) is 0 Å². The van der Waals surface area contributed by atoms with E-state index in [1.54, 1.807) is 31.2 Å². The molecule has 0 heterocycles. The summed E-state index contributed by atoms with van der Waals surface area (Å²) in [5.74, 6) is -0.923. The van der Waals surface area contributed by atoms with Gasteiger partial charge in [0.2, 0.25) is 11.8 Å². The SMILES string of the molecule is CCOC(=O)c1cccc(NC(=O)CC(NC(C)=O)c2ccccc2)c1. The van der Waals surface area contributed by atoms with Crippen LogP contribution in [-0.4, -0.2) is 24.4 Å². The van der Waals surface area contributed by atoms with Gasteiger partial charge < -0.3 is 15.4 Å². The molecule has 2 amide bonds. The summed E-state index contributed by atoms with van der Waals surface area (Å²) in [5.41, 5.74) is 1.71. The minimum absolute atomic E-state index is 0.0766. The Morgan fingerprint density at radius 1 is 1.04 bits per heavy atom. The summed E-state index contributed by atoms with van der Waals surface area (Å²) in [6.07, 6.45) is 0.0766. The van der Waals surface area contributed by atoms with E-state index < -0.39 is 12.0 Å². The van der Waals surface area contributed by atoms with Crippen molar-refractivity contribution >= 4 is 23.5 Å². The van der Waals surface area contributed by atoms with Gasteiger partial charge in [-0.3, -0.25) is 9.59 Å². The number of ether oxygens (including phenoxy) is 1. The number of carbonyl (C=O) groups excluding carboxylic acids is 3. The summed E-state index contributed by atoms with van der Waals surface area (Å²) >= 11 is 0. The lowest BCUT2D eigenvalue weighted by Gasteiger charge is -2.18. The zero-order valence-electron chi connectivity index (χ0n) is 14.8. The number of hydrogen-bond donors (Lipinski definition) is 2. The Balaban J connectivity index is 2.07. The van der Waals surface area contributed by atoms with Crippen LogP contribution < -0.4 is 10.6 Å².